The molecule has 0 aliphatic heterocycles. The third-order valence-electron chi connectivity index (χ3n) is 2.07. The Morgan fingerprint density at radius 3 is 2.88 bits per heavy atom. The molecule has 1 aromatic carbocycles. The van der Waals surface area contributed by atoms with Crippen LogP contribution >= 0.6 is 27.7 Å². The van der Waals surface area contributed by atoms with Gasteiger partial charge >= 0.3 is 0 Å². The van der Waals surface area contributed by atoms with E-state index in [9.17, 15) is 0 Å². The smallest absolute Gasteiger partial charge is 0.123 e. The van der Waals surface area contributed by atoms with Crippen LogP contribution in [0.5, 0.6) is 0 Å². The summed E-state index contributed by atoms with van der Waals surface area (Å²) < 4.78 is 0.969. The quantitative estimate of drug-likeness (QED) is 0.444. The largest absolute Gasteiger partial charge is 0.396 e. The molecule has 88 valence electrons. The normalized spacial score (nSPS) is 12.4. The van der Waals surface area contributed by atoms with Gasteiger partial charge in [-0.15, -0.1) is 11.8 Å². The summed E-state index contributed by atoms with van der Waals surface area (Å²) in [5.41, 5.74) is 6.26. The Hall–Kier alpha value is -0.520. The molecule has 4 N–H and O–H groups in total. The Balaban J connectivity index is 2.84. The maximum Gasteiger partial charge on any atom is 0.123 e. The molecule has 5 heteroatoms. The molecular formula is C11H15BrN2OS. The van der Waals surface area contributed by atoms with Crippen LogP contribution in [0.2, 0.25) is 0 Å². The van der Waals surface area contributed by atoms with Crippen LogP contribution in [0, 0.1) is 11.3 Å². The van der Waals surface area contributed by atoms with Crippen molar-refractivity contribution in [3.63, 3.8) is 0 Å². The number of benzene rings is 1. The molecule has 0 spiro atoms. The zero-order valence-corrected chi connectivity index (χ0v) is 11.4. The van der Waals surface area contributed by atoms with Crippen LogP contribution in [0.4, 0.5) is 0 Å². The highest BCUT2D eigenvalue weighted by atomic mass is 79.9. The van der Waals surface area contributed by atoms with Gasteiger partial charge in [0, 0.05) is 27.3 Å². The Morgan fingerprint density at radius 2 is 2.31 bits per heavy atom. The number of aliphatic hydroxyl groups excluding tert-OH is 1. The van der Waals surface area contributed by atoms with Crippen molar-refractivity contribution in [3.05, 3.63) is 28.2 Å². The number of aliphatic hydroxyl groups is 1. The van der Waals surface area contributed by atoms with Gasteiger partial charge in [-0.05, 0) is 24.1 Å². The molecular weight excluding hydrogens is 288 g/mol. The predicted octanol–water partition coefficient (Wildman–Crippen LogP) is 2.45. The summed E-state index contributed by atoms with van der Waals surface area (Å²) in [4.78, 5) is 0.974. The van der Waals surface area contributed by atoms with Crippen molar-refractivity contribution in [2.75, 3.05) is 12.4 Å². The van der Waals surface area contributed by atoms with E-state index in [1.165, 1.54) is 0 Å². The van der Waals surface area contributed by atoms with E-state index in [1.807, 2.05) is 25.1 Å². The second-order valence-corrected chi connectivity index (χ2v) is 5.63. The topological polar surface area (TPSA) is 70.1 Å². The molecule has 0 heterocycles. The van der Waals surface area contributed by atoms with E-state index in [1.54, 1.807) is 11.8 Å². The highest BCUT2D eigenvalue weighted by Crippen LogP contribution is 2.27. The molecule has 3 nitrogen and oxygen atoms in total. The van der Waals surface area contributed by atoms with Crippen LogP contribution in [0.15, 0.2) is 27.6 Å². The van der Waals surface area contributed by atoms with Gasteiger partial charge in [-0.3, -0.25) is 5.41 Å². The van der Waals surface area contributed by atoms with E-state index < -0.39 is 0 Å². The van der Waals surface area contributed by atoms with E-state index in [0.29, 0.717) is 0 Å². The number of hydrogen-bond acceptors (Lipinski definition) is 3. The summed E-state index contributed by atoms with van der Waals surface area (Å²) in [5, 5.41) is 16.4. The van der Waals surface area contributed by atoms with Crippen molar-refractivity contribution in [2.24, 2.45) is 11.7 Å². The number of amidine groups is 1. The summed E-state index contributed by atoms with van der Waals surface area (Å²) in [6.45, 7) is 2.16. The molecule has 1 atom stereocenters. The van der Waals surface area contributed by atoms with Crippen molar-refractivity contribution in [1.82, 2.24) is 0 Å². The first kappa shape index (κ1) is 13.5. The fraction of sp³-hybridized carbons (Fsp3) is 0.364. The second-order valence-electron chi connectivity index (χ2n) is 3.65. The van der Waals surface area contributed by atoms with Crippen LogP contribution in [-0.4, -0.2) is 23.3 Å². The summed E-state index contributed by atoms with van der Waals surface area (Å²) in [6.07, 6.45) is 0. The van der Waals surface area contributed by atoms with Crippen molar-refractivity contribution >= 4 is 33.5 Å². The van der Waals surface area contributed by atoms with Gasteiger partial charge in [0.05, 0.1) is 0 Å². The highest BCUT2D eigenvalue weighted by molar-refractivity contribution is 9.10. The first-order chi connectivity index (χ1) is 7.54. The lowest BCUT2D eigenvalue weighted by Gasteiger charge is -2.11. The minimum atomic E-state index is 0.0756. The molecule has 0 aliphatic rings. The Labute approximate surface area is 108 Å². The van der Waals surface area contributed by atoms with Crippen molar-refractivity contribution < 1.29 is 5.11 Å². The molecule has 0 bridgehead atoms. The average molecular weight is 303 g/mol. The lowest BCUT2D eigenvalue weighted by Crippen LogP contribution is -2.13. The lowest BCUT2D eigenvalue weighted by molar-refractivity contribution is 0.250. The Kier molecular flexibility index (Phi) is 5.31. The lowest BCUT2D eigenvalue weighted by atomic mass is 10.2. The van der Waals surface area contributed by atoms with E-state index in [-0.39, 0.29) is 18.4 Å². The molecule has 1 unspecified atom stereocenters. The predicted molar refractivity (Wildman–Crippen MR) is 72.1 cm³/mol. The van der Waals surface area contributed by atoms with Crippen molar-refractivity contribution in [2.45, 2.75) is 11.8 Å². The Bertz CT molecular complexity index is 384. The minimum absolute atomic E-state index is 0.0756. The first-order valence-electron chi connectivity index (χ1n) is 4.92. The maximum atomic E-state index is 8.96. The standard InChI is InChI=1S/C11H15BrN2OS/c1-7(5-15)6-16-10-4-8(12)2-3-9(10)11(13)14/h2-4,7,15H,5-6H2,1H3,(H3,13,14). The summed E-state index contributed by atoms with van der Waals surface area (Å²) in [7, 11) is 0. The van der Waals surface area contributed by atoms with Gasteiger partial charge in [0.1, 0.15) is 5.84 Å². The third kappa shape index (κ3) is 3.81. The van der Waals surface area contributed by atoms with Gasteiger partial charge in [0.2, 0.25) is 0 Å². The first-order valence-corrected chi connectivity index (χ1v) is 6.70. The molecule has 1 aromatic rings. The second kappa shape index (κ2) is 6.27. The molecule has 0 radical (unpaired) electrons. The summed E-state index contributed by atoms with van der Waals surface area (Å²) in [6, 6.07) is 5.65. The van der Waals surface area contributed by atoms with E-state index in [2.05, 4.69) is 15.9 Å². The van der Waals surface area contributed by atoms with Gasteiger partial charge in [-0.2, -0.15) is 0 Å². The van der Waals surface area contributed by atoms with Gasteiger partial charge in [-0.25, -0.2) is 0 Å². The molecule has 0 saturated carbocycles. The molecule has 1 rings (SSSR count). The number of hydrogen-bond donors (Lipinski definition) is 3. The molecule has 0 fully saturated rings. The van der Waals surface area contributed by atoms with Crippen LogP contribution in [0.3, 0.4) is 0 Å². The van der Waals surface area contributed by atoms with Crippen molar-refractivity contribution in [3.8, 4) is 0 Å². The highest BCUT2D eigenvalue weighted by Gasteiger charge is 2.08. The van der Waals surface area contributed by atoms with E-state index in [0.717, 1.165) is 20.7 Å². The van der Waals surface area contributed by atoms with E-state index >= 15 is 0 Å². The minimum Gasteiger partial charge on any atom is -0.396 e. The molecule has 0 aromatic heterocycles. The molecule has 0 amide bonds. The fourth-order valence-corrected chi connectivity index (χ4v) is 2.75. The number of nitrogens with one attached hydrogen (secondary N) is 1. The maximum absolute atomic E-state index is 8.96. The summed E-state index contributed by atoms with van der Waals surface area (Å²) >= 11 is 5.01. The van der Waals surface area contributed by atoms with Crippen LogP contribution in [0.25, 0.3) is 0 Å². The monoisotopic (exact) mass is 302 g/mol. The molecule has 16 heavy (non-hydrogen) atoms. The van der Waals surface area contributed by atoms with Gasteiger partial charge in [0.15, 0.2) is 0 Å². The number of rotatable bonds is 5. The van der Waals surface area contributed by atoms with Crippen molar-refractivity contribution in [1.29, 1.82) is 5.41 Å². The average Bonchev–Trinajstić information content (AvgIpc) is 2.25. The Morgan fingerprint density at radius 1 is 1.62 bits per heavy atom. The number of halogens is 1. The van der Waals surface area contributed by atoms with E-state index in [4.69, 9.17) is 16.2 Å². The zero-order valence-electron chi connectivity index (χ0n) is 9.03. The molecule has 0 saturated heterocycles. The van der Waals surface area contributed by atoms with Crippen LogP contribution in [-0.2, 0) is 0 Å². The van der Waals surface area contributed by atoms with Crippen LogP contribution in [0.1, 0.15) is 12.5 Å². The summed E-state index contributed by atoms with van der Waals surface area (Å²) in [5.74, 6) is 1.13. The van der Waals surface area contributed by atoms with Crippen LogP contribution < -0.4 is 5.73 Å². The number of nitrogens with two attached hydrogens (primary N) is 1. The molecule has 0 aliphatic carbocycles. The zero-order chi connectivity index (χ0) is 12.1. The SMILES string of the molecule is CC(CO)CSc1cc(Br)ccc1C(=N)N. The number of nitrogen functional groups attached to an aromatic ring is 1. The fourth-order valence-electron chi connectivity index (χ4n) is 1.12. The van der Waals surface area contributed by atoms with Gasteiger partial charge in [0.25, 0.3) is 0 Å². The van der Waals surface area contributed by atoms with Gasteiger partial charge < -0.3 is 10.8 Å². The third-order valence-corrected chi connectivity index (χ3v) is 3.95. The number of thioether (sulfide) groups is 1. The van der Waals surface area contributed by atoms with Gasteiger partial charge in [-0.1, -0.05) is 22.9 Å².